The topological polar surface area (TPSA) is 82.6 Å². The van der Waals surface area contributed by atoms with E-state index in [1.54, 1.807) is 24.5 Å². The van der Waals surface area contributed by atoms with Gasteiger partial charge in [0.05, 0.1) is 27.1 Å². The molecule has 0 saturated carbocycles. The van der Waals surface area contributed by atoms with Gasteiger partial charge in [0.2, 0.25) is 11.7 Å². The van der Waals surface area contributed by atoms with Crippen molar-refractivity contribution < 1.29 is 19.0 Å². The predicted octanol–water partition coefficient (Wildman–Crippen LogP) is 4.69. The van der Waals surface area contributed by atoms with Crippen LogP contribution in [0.25, 0.3) is 0 Å². The highest BCUT2D eigenvalue weighted by atomic mass is 32.2. The number of rotatable bonds is 9. The molecule has 7 nitrogen and oxygen atoms in total. The number of anilines is 1. The quantitative estimate of drug-likeness (QED) is 0.463. The summed E-state index contributed by atoms with van der Waals surface area (Å²) in [6, 6.07) is 11.5. The molecule has 1 amide bonds. The van der Waals surface area contributed by atoms with Crippen LogP contribution in [0.15, 0.2) is 63.7 Å². The third-order valence-corrected chi connectivity index (χ3v) is 6.50. The number of methoxy groups -OCH3 is 3. The van der Waals surface area contributed by atoms with Crippen LogP contribution in [0.1, 0.15) is 5.56 Å². The Bertz CT molecular complexity index is 1040. The highest BCUT2D eigenvalue weighted by Crippen LogP contribution is 2.40. The van der Waals surface area contributed by atoms with Crippen LogP contribution in [0.4, 0.5) is 5.69 Å². The van der Waals surface area contributed by atoms with Crippen molar-refractivity contribution in [2.75, 3.05) is 32.4 Å². The lowest BCUT2D eigenvalue weighted by atomic mass is 10.2. The number of carbonyl (C=O) groups is 1. The van der Waals surface area contributed by atoms with Gasteiger partial charge in [0, 0.05) is 35.1 Å². The molecule has 0 fully saturated rings. The molecule has 0 saturated heterocycles. The molecule has 0 unspecified atom stereocenters. The maximum absolute atomic E-state index is 12.6. The van der Waals surface area contributed by atoms with E-state index in [9.17, 15) is 4.79 Å². The summed E-state index contributed by atoms with van der Waals surface area (Å²) in [5.74, 6) is 1.40. The Morgan fingerprint density at radius 2 is 1.61 bits per heavy atom. The fraction of sp³-hybridized carbons (Fsp3) is 0.227. The van der Waals surface area contributed by atoms with Crippen molar-refractivity contribution in [3.63, 3.8) is 0 Å². The lowest BCUT2D eigenvalue weighted by Gasteiger charge is -2.14. The Morgan fingerprint density at radius 1 is 0.968 bits per heavy atom. The number of carbonyl (C=O) groups excluding carboxylic acids is 1. The summed E-state index contributed by atoms with van der Waals surface area (Å²) in [6.07, 6.45) is 3.28. The minimum absolute atomic E-state index is 0.177. The van der Waals surface area contributed by atoms with Crippen LogP contribution in [0.3, 0.4) is 0 Å². The average Bonchev–Trinajstić information content (AvgIpc) is 2.79. The number of thioether (sulfide) groups is 1. The zero-order chi connectivity index (χ0) is 22.2. The molecule has 0 atom stereocenters. The van der Waals surface area contributed by atoms with Crippen LogP contribution in [-0.2, 0) is 4.79 Å². The molecule has 31 heavy (non-hydrogen) atoms. The number of hydrogen-bond acceptors (Lipinski definition) is 8. The van der Waals surface area contributed by atoms with Gasteiger partial charge in [0.1, 0.15) is 10.1 Å². The molecule has 0 spiro atoms. The molecule has 1 N–H and O–H groups in total. The summed E-state index contributed by atoms with van der Waals surface area (Å²) in [5, 5.41) is 4.33. The van der Waals surface area contributed by atoms with Gasteiger partial charge in [0.15, 0.2) is 11.5 Å². The Labute approximate surface area is 189 Å². The third kappa shape index (κ3) is 5.83. The Kier molecular flexibility index (Phi) is 8.02. The van der Waals surface area contributed by atoms with Crippen molar-refractivity contribution in [3.05, 3.63) is 54.4 Å². The summed E-state index contributed by atoms with van der Waals surface area (Å²) in [5.41, 5.74) is 1.71. The monoisotopic (exact) mass is 457 g/mol. The van der Waals surface area contributed by atoms with Crippen molar-refractivity contribution in [1.82, 2.24) is 9.97 Å². The molecule has 3 rings (SSSR count). The van der Waals surface area contributed by atoms with Crippen molar-refractivity contribution in [1.29, 1.82) is 0 Å². The van der Waals surface area contributed by atoms with E-state index in [1.807, 2.05) is 18.2 Å². The molecular formula is C22H23N3O4S2. The third-order valence-electron chi connectivity index (χ3n) is 4.22. The molecule has 0 aliphatic heterocycles. The van der Waals surface area contributed by atoms with Gasteiger partial charge in [-0.1, -0.05) is 41.7 Å². The van der Waals surface area contributed by atoms with Crippen LogP contribution in [0, 0.1) is 6.92 Å². The molecule has 0 bridgehead atoms. The minimum atomic E-state index is -0.184. The zero-order valence-corrected chi connectivity index (χ0v) is 19.3. The molecule has 0 radical (unpaired) electrons. The second kappa shape index (κ2) is 10.9. The number of aromatic nitrogens is 2. The van der Waals surface area contributed by atoms with Crippen molar-refractivity contribution >= 4 is 35.1 Å². The molecule has 0 aliphatic rings. The van der Waals surface area contributed by atoms with Crippen LogP contribution in [0.2, 0.25) is 0 Å². The van der Waals surface area contributed by atoms with E-state index in [0.29, 0.717) is 28.0 Å². The van der Waals surface area contributed by atoms with Gasteiger partial charge in [-0.3, -0.25) is 4.79 Å². The van der Waals surface area contributed by atoms with Gasteiger partial charge in [-0.25, -0.2) is 9.97 Å². The number of benzene rings is 2. The predicted molar refractivity (Wildman–Crippen MR) is 123 cm³/mol. The lowest BCUT2D eigenvalue weighted by Crippen LogP contribution is -2.14. The van der Waals surface area contributed by atoms with Crippen molar-refractivity contribution in [2.24, 2.45) is 0 Å². The standard InChI is InChI=1S/C22H23N3O4S2/c1-14-7-5-6-8-18(14)31-22-21(23-9-10-24-22)30-13-19(26)25-15-11-16(27-2)20(29-4)17(12-15)28-3/h5-12H,13H2,1-4H3,(H,25,26). The van der Waals surface area contributed by atoms with E-state index in [4.69, 9.17) is 14.2 Å². The molecular weight excluding hydrogens is 434 g/mol. The molecule has 1 aromatic heterocycles. The number of nitrogens with zero attached hydrogens (tertiary/aromatic N) is 2. The second-order valence-electron chi connectivity index (χ2n) is 6.29. The SMILES string of the molecule is COc1cc(NC(=O)CSc2nccnc2Sc2ccccc2C)cc(OC)c1OC. The first kappa shape index (κ1) is 22.8. The average molecular weight is 458 g/mol. The fourth-order valence-electron chi connectivity index (χ4n) is 2.74. The first-order valence-electron chi connectivity index (χ1n) is 9.32. The van der Waals surface area contributed by atoms with Crippen LogP contribution in [-0.4, -0.2) is 43.0 Å². The first-order chi connectivity index (χ1) is 15.0. The van der Waals surface area contributed by atoms with E-state index in [2.05, 4.69) is 28.3 Å². The number of hydrogen-bond donors (Lipinski definition) is 1. The summed E-state index contributed by atoms with van der Waals surface area (Å²) in [6.45, 7) is 2.05. The number of aryl methyl sites for hydroxylation is 1. The maximum atomic E-state index is 12.6. The Balaban J connectivity index is 1.69. The van der Waals surface area contributed by atoms with Crippen LogP contribution in [0.5, 0.6) is 17.2 Å². The van der Waals surface area contributed by atoms with Gasteiger partial charge < -0.3 is 19.5 Å². The van der Waals surface area contributed by atoms with E-state index >= 15 is 0 Å². The molecule has 1 heterocycles. The van der Waals surface area contributed by atoms with Crippen molar-refractivity contribution in [3.8, 4) is 17.2 Å². The summed E-state index contributed by atoms with van der Waals surface area (Å²) in [4.78, 5) is 22.5. The molecule has 0 aliphatic carbocycles. The van der Waals surface area contributed by atoms with Gasteiger partial charge in [-0.05, 0) is 18.6 Å². The largest absolute Gasteiger partial charge is 0.493 e. The van der Waals surface area contributed by atoms with Crippen LogP contribution >= 0.6 is 23.5 Å². The Hall–Kier alpha value is -2.91. The van der Waals surface area contributed by atoms with E-state index in [-0.39, 0.29) is 11.7 Å². The highest BCUT2D eigenvalue weighted by Gasteiger charge is 2.16. The number of amides is 1. The smallest absolute Gasteiger partial charge is 0.234 e. The summed E-state index contributed by atoms with van der Waals surface area (Å²) >= 11 is 2.87. The highest BCUT2D eigenvalue weighted by molar-refractivity contribution is 8.02. The minimum Gasteiger partial charge on any atom is -0.493 e. The van der Waals surface area contributed by atoms with E-state index in [0.717, 1.165) is 15.5 Å². The Morgan fingerprint density at radius 3 is 2.23 bits per heavy atom. The van der Waals surface area contributed by atoms with Crippen LogP contribution < -0.4 is 19.5 Å². The molecule has 2 aromatic carbocycles. The molecule has 162 valence electrons. The van der Waals surface area contributed by atoms with Gasteiger partial charge in [-0.15, -0.1) is 0 Å². The molecule has 3 aromatic rings. The van der Waals surface area contributed by atoms with Gasteiger partial charge >= 0.3 is 0 Å². The fourth-order valence-corrected chi connectivity index (χ4v) is 4.53. The zero-order valence-electron chi connectivity index (χ0n) is 17.7. The summed E-state index contributed by atoms with van der Waals surface area (Å²) < 4.78 is 16.0. The van der Waals surface area contributed by atoms with E-state index < -0.39 is 0 Å². The van der Waals surface area contributed by atoms with Gasteiger partial charge in [-0.2, -0.15) is 0 Å². The summed E-state index contributed by atoms with van der Waals surface area (Å²) in [7, 11) is 4.59. The van der Waals surface area contributed by atoms with E-state index in [1.165, 1.54) is 44.9 Å². The maximum Gasteiger partial charge on any atom is 0.234 e. The normalized spacial score (nSPS) is 10.5. The van der Waals surface area contributed by atoms with Crippen molar-refractivity contribution in [2.45, 2.75) is 21.9 Å². The number of nitrogens with one attached hydrogen (secondary N) is 1. The molecule has 9 heteroatoms. The number of ether oxygens (including phenoxy) is 3. The van der Waals surface area contributed by atoms with Gasteiger partial charge in [0.25, 0.3) is 0 Å². The first-order valence-corrected chi connectivity index (χ1v) is 11.1. The second-order valence-corrected chi connectivity index (χ2v) is 8.28. The lowest BCUT2D eigenvalue weighted by molar-refractivity contribution is -0.113.